The van der Waals surface area contributed by atoms with Crippen LogP contribution in [0.15, 0.2) is 24.3 Å². The van der Waals surface area contributed by atoms with Crippen LogP contribution in [0.2, 0.25) is 0 Å². The number of nitrogens with two attached hydrogens (primary N) is 1. The maximum atomic E-state index is 5.99. The van der Waals surface area contributed by atoms with Crippen LogP contribution < -0.4 is 10.5 Å². The van der Waals surface area contributed by atoms with Crippen molar-refractivity contribution >= 4 is 27.4 Å². The van der Waals surface area contributed by atoms with Crippen LogP contribution in [0.3, 0.4) is 0 Å². The summed E-state index contributed by atoms with van der Waals surface area (Å²) in [4.78, 5) is 9.01. The van der Waals surface area contributed by atoms with Crippen molar-refractivity contribution in [1.29, 1.82) is 0 Å². The molecule has 4 nitrogen and oxygen atoms in total. The molecular formula is C13H13N3OS. The number of anilines is 1. The van der Waals surface area contributed by atoms with E-state index in [0.717, 1.165) is 33.2 Å². The Morgan fingerprint density at radius 1 is 1.33 bits per heavy atom. The van der Waals surface area contributed by atoms with Crippen LogP contribution in [-0.4, -0.2) is 17.1 Å². The predicted octanol–water partition coefficient (Wildman–Crippen LogP) is 3.19. The highest BCUT2D eigenvalue weighted by molar-refractivity contribution is 7.16. The molecule has 0 spiro atoms. The molecule has 3 rings (SSSR count). The van der Waals surface area contributed by atoms with Gasteiger partial charge in [-0.3, -0.25) is 0 Å². The van der Waals surface area contributed by atoms with E-state index in [4.69, 9.17) is 10.5 Å². The highest BCUT2D eigenvalue weighted by atomic mass is 32.1. The number of aromatic nitrogens is 2. The predicted molar refractivity (Wildman–Crippen MR) is 75.1 cm³/mol. The number of aryl methyl sites for hydroxylation is 1. The Hall–Kier alpha value is -2.01. The highest BCUT2D eigenvalue weighted by Crippen LogP contribution is 2.33. The lowest BCUT2D eigenvalue weighted by Crippen LogP contribution is -1.84. The fourth-order valence-corrected chi connectivity index (χ4v) is 2.75. The first-order valence-corrected chi connectivity index (χ1v) is 6.39. The van der Waals surface area contributed by atoms with Crippen LogP contribution in [0, 0.1) is 6.92 Å². The van der Waals surface area contributed by atoms with Gasteiger partial charge >= 0.3 is 0 Å². The molecule has 0 atom stereocenters. The molecule has 0 unspecified atom stereocenters. The molecule has 0 saturated carbocycles. The van der Waals surface area contributed by atoms with Gasteiger partial charge in [-0.25, -0.2) is 4.98 Å². The lowest BCUT2D eigenvalue weighted by atomic mass is 10.3. The maximum absolute atomic E-state index is 5.99. The summed E-state index contributed by atoms with van der Waals surface area (Å²) in [6.07, 6.45) is 0. The lowest BCUT2D eigenvalue weighted by Gasteiger charge is -1.96. The van der Waals surface area contributed by atoms with Crippen LogP contribution in [0.4, 0.5) is 5.00 Å². The molecule has 0 aliphatic heterocycles. The van der Waals surface area contributed by atoms with Crippen LogP contribution in [-0.2, 0) is 0 Å². The molecule has 0 saturated heterocycles. The van der Waals surface area contributed by atoms with E-state index in [1.54, 1.807) is 18.4 Å². The summed E-state index contributed by atoms with van der Waals surface area (Å²) in [6, 6.07) is 7.81. The van der Waals surface area contributed by atoms with Gasteiger partial charge in [0, 0.05) is 10.9 Å². The van der Waals surface area contributed by atoms with Crippen molar-refractivity contribution in [2.75, 3.05) is 12.8 Å². The first-order valence-electron chi connectivity index (χ1n) is 5.57. The average Bonchev–Trinajstić information content (AvgIpc) is 2.90. The first kappa shape index (κ1) is 11.1. The molecule has 18 heavy (non-hydrogen) atoms. The van der Waals surface area contributed by atoms with E-state index < -0.39 is 0 Å². The summed E-state index contributed by atoms with van der Waals surface area (Å²) in [5.41, 5.74) is 8.81. The molecule has 0 aliphatic carbocycles. The van der Waals surface area contributed by atoms with Crippen LogP contribution >= 0.6 is 11.3 Å². The Morgan fingerprint density at radius 2 is 2.17 bits per heavy atom. The molecule has 0 amide bonds. The van der Waals surface area contributed by atoms with Gasteiger partial charge in [-0.1, -0.05) is 0 Å². The van der Waals surface area contributed by atoms with Crippen molar-refractivity contribution in [3.63, 3.8) is 0 Å². The van der Waals surface area contributed by atoms with Gasteiger partial charge in [0.05, 0.1) is 28.7 Å². The van der Waals surface area contributed by atoms with E-state index in [-0.39, 0.29) is 0 Å². The third-order valence-corrected chi connectivity index (χ3v) is 3.71. The van der Waals surface area contributed by atoms with Gasteiger partial charge in [-0.15, -0.1) is 11.3 Å². The van der Waals surface area contributed by atoms with E-state index in [1.165, 1.54) is 4.88 Å². The van der Waals surface area contributed by atoms with E-state index >= 15 is 0 Å². The monoisotopic (exact) mass is 259 g/mol. The topological polar surface area (TPSA) is 63.9 Å². The molecular weight excluding hydrogens is 246 g/mol. The molecule has 0 aliphatic rings. The van der Waals surface area contributed by atoms with Crippen molar-refractivity contribution in [1.82, 2.24) is 9.97 Å². The number of rotatable bonds is 2. The Kier molecular flexibility index (Phi) is 2.48. The van der Waals surface area contributed by atoms with Gasteiger partial charge in [0.25, 0.3) is 0 Å². The number of nitrogens with zero attached hydrogens (tertiary/aromatic N) is 1. The van der Waals surface area contributed by atoms with E-state index in [9.17, 15) is 0 Å². The zero-order valence-electron chi connectivity index (χ0n) is 10.2. The Balaban J connectivity index is 2.16. The quantitative estimate of drug-likeness (QED) is 0.743. The Morgan fingerprint density at radius 3 is 2.83 bits per heavy atom. The molecule has 0 radical (unpaired) electrons. The van der Waals surface area contributed by atoms with Gasteiger partial charge in [-0.2, -0.15) is 0 Å². The van der Waals surface area contributed by atoms with Gasteiger partial charge < -0.3 is 15.5 Å². The number of hydrogen-bond donors (Lipinski definition) is 2. The summed E-state index contributed by atoms with van der Waals surface area (Å²) in [7, 11) is 1.65. The molecule has 3 N–H and O–H groups in total. The van der Waals surface area contributed by atoms with E-state index in [2.05, 4.69) is 16.0 Å². The van der Waals surface area contributed by atoms with Crippen LogP contribution in [0.5, 0.6) is 5.75 Å². The summed E-state index contributed by atoms with van der Waals surface area (Å²) in [5, 5.41) is 0.790. The molecule has 3 aromatic rings. The molecule has 1 aromatic carbocycles. The number of methoxy groups -OCH3 is 1. The summed E-state index contributed by atoms with van der Waals surface area (Å²) < 4.78 is 5.19. The van der Waals surface area contributed by atoms with Crippen molar-refractivity contribution in [3.05, 3.63) is 29.1 Å². The van der Waals surface area contributed by atoms with Gasteiger partial charge in [0.15, 0.2) is 0 Å². The standard InChI is InChI=1S/C13H13N3OS/c1-7-5-9(12(14)18-7)13-15-10-4-3-8(17-2)6-11(10)16-13/h3-6H,14H2,1-2H3,(H,15,16). The molecule has 0 fully saturated rings. The lowest BCUT2D eigenvalue weighted by molar-refractivity contribution is 0.415. The van der Waals surface area contributed by atoms with Crippen molar-refractivity contribution < 1.29 is 4.74 Å². The summed E-state index contributed by atoms with van der Waals surface area (Å²) in [5.74, 6) is 1.62. The second kappa shape index (κ2) is 4.03. The number of fused-ring (bicyclic) bond motifs is 1. The molecule has 0 bridgehead atoms. The number of benzene rings is 1. The summed E-state index contributed by atoms with van der Waals surface area (Å²) >= 11 is 1.57. The third-order valence-electron chi connectivity index (χ3n) is 2.83. The first-order chi connectivity index (χ1) is 8.67. The number of nitrogen functional groups attached to an aromatic ring is 1. The minimum atomic E-state index is 0.790. The largest absolute Gasteiger partial charge is 0.497 e. The highest BCUT2D eigenvalue weighted by Gasteiger charge is 2.11. The minimum absolute atomic E-state index is 0.790. The second-order valence-corrected chi connectivity index (χ2v) is 5.39. The Bertz CT molecular complexity index is 714. The fraction of sp³-hybridized carbons (Fsp3) is 0.154. The molecule has 2 heterocycles. The molecule has 2 aromatic heterocycles. The molecule has 92 valence electrons. The zero-order valence-corrected chi connectivity index (χ0v) is 11.0. The van der Waals surface area contributed by atoms with Gasteiger partial charge in [0.2, 0.25) is 0 Å². The smallest absolute Gasteiger partial charge is 0.141 e. The number of thiophene rings is 1. The minimum Gasteiger partial charge on any atom is -0.497 e. The number of H-pyrrole nitrogens is 1. The van der Waals surface area contributed by atoms with Gasteiger partial charge in [-0.05, 0) is 25.1 Å². The fourth-order valence-electron chi connectivity index (χ4n) is 1.96. The van der Waals surface area contributed by atoms with E-state index in [1.807, 2.05) is 25.1 Å². The maximum Gasteiger partial charge on any atom is 0.141 e. The number of ether oxygens (including phenoxy) is 1. The van der Waals surface area contributed by atoms with Gasteiger partial charge in [0.1, 0.15) is 11.6 Å². The number of aromatic amines is 1. The third kappa shape index (κ3) is 1.73. The van der Waals surface area contributed by atoms with Crippen LogP contribution in [0.1, 0.15) is 4.88 Å². The number of nitrogens with one attached hydrogen (secondary N) is 1. The zero-order chi connectivity index (χ0) is 12.7. The SMILES string of the molecule is COc1ccc2nc(-c3cc(C)sc3N)[nH]c2c1. The second-order valence-electron chi connectivity index (χ2n) is 4.10. The molecule has 5 heteroatoms. The van der Waals surface area contributed by atoms with Crippen molar-refractivity contribution in [2.45, 2.75) is 6.92 Å². The summed E-state index contributed by atoms with van der Waals surface area (Å²) in [6.45, 7) is 2.04. The van der Waals surface area contributed by atoms with Crippen LogP contribution in [0.25, 0.3) is 22.4 Å². The van der Waals surface area contributed by atoms with Crippen molar-refractivity contribution in [3.8, 4) is 17.1 Å². The number of imidazole rings is 1. The van der Waals surface area contributed by atoms with Crippen molar-refractivity contribution in [2.24, 2.45) is 0 Å². The number of hydrogen-bond acceptors (Lipinski definition) is 4. The normalized spacial score (nSPS) is 11.0. The Labute approximate surface area is 108 Å². The van der Waals surface area contributed by atoms with E-state index in [0.29, 0.717) is 0 Å². The average molecular weight is 259 g/mol.